The van der Waals surface area contributed by atoms with Crippen molar-refractivity contribution in [3.05, 3.63) is 84.4 Å². The van der Waals surface area contributed by atoms with E-state index in [9.17, 15) is 9.59 Å². The second-order valence-corrected chi connectivity index (χ2v) is 9.12. The fourth-order valence-electron chi connectivity index (χ4n) is 4.75. The molecule has 2 amide bonds. The largest absolute Gasteiger partial charge is 0.383 e. The highest BCUT2D eigenvalue weighted by atomic mass is 16.5. The van der Waals surface area contributed by atoms with E-state index < -0.39 is 0 Å². The number of likely N-dealkylation sites (tertiary alicyclic amines) is 1. The third-order valence-electron chi connectivity index (χ3n) is 6.62. The zero-order chi connectivity index (χ0) is 25.6. The molecule has 1 saturated heterocycles. The topological polar surface area (TPSA) is 105 Å². The summed E-state index contributed by atoms with van der Waals surface area (Å²) in [5.41, 5.74) is 3.91. The minimum Gasteiger partial charge on any atom is -0.383 e. The Hall–Kier alpha value is -4.24. The average molecular weight is 499 g/mol. The maximum absolute atomic E-state index is 13.2. The van der Waals surface area contributed by atoms with Gasteiger partial charge in [0, 0.05) is 55.7 Å². The van der Waals surface area contributed by atoms with Crippen LogP contribution in [0.25, 0.3) is 16.8 Å². The smallest absolute Gasteiger partial charge is 0.258 e. The monoisotopic (exact) mass is 498 g/mol. The first-order valence-corrected chi connectivity index (χ1v) is 12.4. The van der Waals surface area contributed by atoms with Crippen LogP contribution < -0.4 is 5.32 Å². The molecular formula is C28H30N6O3. The Labute approximate surface area is 215 Å². The molecule has 1 fully saturated rings. The van der Waals surface area contributed by atoms with Crippen molar-refractivity contribution in [2.75, 3.05) is 25.6 Å². The van der Waals surface area contributed by atoms with Gasteiger partial charge in [-0.15, -0.1) is 0 Å². The summed E-state index contributed by atoms with van der Waals surface area (Å²) in [7, 11) is 1.67. The van der Waals surface area contributed by atoms with E-state index in [0.29, 0.717) is 31.0 Å². The fraction of sp³-hybridized carbons (Fsp3) is 0.286. The van der Waals surface area contributed by atoms with Gasteiger partial charge in [0.25, 0.3) is 5.91 Å². The minimum absolute atomic E-state index is 0.107. The number of benzene rings is 2. The molecule has 9 heteroatoms. The molecule has 3 heterocycles. The summed E-state index contributed by atoms with van der Waals surface area (Å²) in [4.78, 5) is 32.7. The van der Waals surface area contributed by atoms with E-state index in [1.54, 1.807) is 25.6 Å². The molecule has 37 heavy (non-hydrogen) atoms. The van der Waals surface area contributed by atoms with E-state index in [2.05, 4.69) is 15.5 Å². The standard InChI is InChI=1S/C28H30N6O3/c1-37-19-25-11-6-14-33(25)26(35)13-12-23-18-34(24-9-3-2-4-10-24)28(31-23)32-27(36)21-8-5-7-20(15-21)22-16-29-30-17-22/h2-5,7-10,15-18,25H,6,11-14,19H2,1H3,(H,29,30)(H,31,32,36)/t25-/m1/s1. The maximum atomic E-state index is 13.2. The SMILES string of the molecule is COC[C@H]1CCCN1C(=O)CCc1cn(-c2ccccc2)c(NC(=O)c2cccc(-c3cn[nH]c3)c2)n1. The molecule has 0 bridgehead atoms. The number of nitrogens with zero attached hydrogens (tertiary/aromatic N) is 4. The van der Waals surface area contributed by atoms with Crippen LogP contribution in [0.2, 0.25) is 0 Å². The second-order valence-electron chi connectivity index (χ2n) is 9.12. The number of nitrogens with one attached hydrogen (secondary N) is 2. The molecule has 1 aliphatic rings. The number of anilines is 1. The quantitative estimate of drug-likeness (QED) is 0.362. The van der Waals surface area contributed by atoms with Crippen LogP contribution in [-0.2, 0) is 16.0 Å². The lowest BCUT2D eigenvalue weighted by Crippen LogP contribution is -2.38. The van der Waals surface area contributed by atoms with E-state index in [0.717, 1.165) is 41.9 Å². The van der Waals surface area contributed by atoms with Crippen LogP contribution >= 0.6 is 0 Å². The zero-order valence-corrected chi connectivity index (χ0v) is 20.8. The molecule has 0 spiro atoms. The lowest BCUT2D eigenvalue weighted by Gasteiger charge is -2.24. The van der Waals surface area contributed by atoms with Gasteiger partial charge in [-0.2, -0.15) is 5.10 Å². The van der Waals surface area contributed by atoms with E-state index in [-0.39, 0.29) is 17.9 Å². The number of carbonyl (C=O) groups is 2. The molecule has 1 atom stereocenters. The molecule has 1 aliphatic heterocycles. The van der Waals surface area contributed by atoms with Gasteiger partial charge >= 0.3 is 0 Å². The Bertz CT molecular complexity index is 1350. The number of carbonyl (C=O) groups excluding carboxylic acids is 2. The predicted molar refractivity (Wildman–Crippen MR) is 140 cm³/mol. The van der Waals surface area contributed by atoms with Crippen molar-refractivity contribution in [2.24, 2.45) is 0 Å². The second kappa shape index (κ2) is 11.2. The Kier molecular flexibility index (Phi) is 7.41. The Morgan fingerprint density at radius 1 is 1.14 bits per heavy atom. The van der Waals surface area contributed by atoms with Crippen LogP contribution in [0.5, 0.6) is 0 Å². The van der Waals surface area contributed by atoms with Gasteiger partial charge in [-0.1, -0.05) is 30.3 Å². The molecular weight excluding hydrogens is 468 g/mol. The Morgan fingerprint density at radius 3 is 2.78 bits per heavy atom. The third kappa shape index (κ3) is 5.62. The van der Waals surface area contributed by atoms with Crippen LogP contribution in [0.4, 0.5) is 5.95 Å². The van der Waals surface area contributed by atoms with Crippen molar-refractivity contribution >= 4 is 17.8 Å². The van der Waals surface area contributed by atoms with Gasteiger partial charge < -0.3 is 9.64 Å². The number of ether oxygens (including phenoxy) is 1. The van der Waals surface area contributed by atoms with Gasteiger partial charge in [0.15, 0.2) is 0 Å². The molecule has 0 unspecified atom stereocenters. The van der Waals surface area contributed by atoms with Crippen LogP contribution in [-0.4, -0.2) is 62.8 Å². The van der Waals surface area contributed by atoms with Crippen molar-refractivity contribution in [2.45, 2.75) is 31.7 Å². The number of aromatic amines is 1. The molecule has 5 rings (SSSR count). The van der Waals surface area contributed by atoms with E-state index in [1.165, 1.54) is 0 Å². The molecule has 0 radical (unpaired) electrons. The number of amides is 2. The van der Waals surface area contributed by atoms with Crippen LogP contribution in [0.3, 0.4) is 0 Å². The maximum Gasteiger partial charge on any atom is 0.258 e. The van der Waals surface area contributed by atoms with Crippen LogP contribution in [0.1, 0.15) is 35.3 Å². The average Bonchev–Trinajstić information content (AvgIpc) is 3.70. The number of methoxy groups -OCH3 is 1. The van der Waals surface area contributed by atoms with Gasteiger partial charge in [-0.05, 0) is 42.7 Å². The first-order chi connectivity index (χ1) is 18.1. The molecule has 0 saturated carbocycles. The summed E-state index contributed by atoms with van der Waals surface area (Å²) in [5.74, 6) is 0.247. The van der Waals surface area contributed by atoms with E-state index in [1.807, 2.05) is 64.2 Å². The number of hydrogen-bond acceptors (Lipinski definition) is 5. The summed E-state index contributed by atoms with van der Waals surface area (Å²) in [5, 5.41) is 9.74. The summed E-state index contributed by atoms with van der Waals surface area (Å²) < 4.78 is 7.13. The predicted octanol–water partition coefficient (Wildman–Crippen LogP) is 4.08. The van der Waals surface area contributed by atoms with Crippen LogP contribution in [0, 0.1) is 0 Å². The third-order valence-corrected chi connectivity index (χ3v) is 6.62. The highest BCUT2D eigenvalue weighted by molar-refractivity contribution is 6.04. The highest BCUT2D eigenvalue weighted by Crippen LogP contribution is 2.23. The molecule has 2 N–H and O–H groups in total. The summed E-state index contributed by atoms with van der Waals surface area (Å²) in [6.45, 7) is 1.33. The van der Waals surface area contributed by atoms with Crippen molar-refractivity contribution in [3.63, 3.8) is 0 Å². The highest BCUT2D eigenvalue weighted by Gasteiger charge is 2.28. The summed E-state index contributed by atoms with van der Waals surface area (Å²) >= 11 is 0. The van der Waals surface area contributed by atoms with Crippen molar-refractivity contribution in [1.82, 2.24) is 24.6 Å². The number of para-hydroxylation sites is 1. The van der Waals surface area contributed by atoms with Gasteiger partial charge in [0.2, 0.25) is 11.9 Å². The molecule has 190 valence electrons. The normalized spacial score (nSPS) is 15.2. The van der Waals surface area contributed by atoms with E-state index in [4.69, 9.17) is 9.72 Å². The molecule has 9 nitrogen and oxygen atoms in total. The van der Waals surface area contributed by atoms with Crippen molar-refractivity contribution in [1.29, 1.82) is 0 Å². The molecule has 2 aromatic carbocycles. The Balaban J connectivity index is 1.34. The fourth-order valence-corrected chi connectivity index (χ4v) is 4.75. The zero-order valence-electron chi connectivity index (χ0n) is 20.8. The first kappa shape index (κ1) is 24.5. The van der Waals surface area contributed by atoms with Crippen LogP contribution in [0.15, 0.2) is 73.2 Å². The number of aromatic nitrogens is 4. The molecule has 0 aliphatic carbocycles. The van der Waals surface area contributed by atoms with Crippen molar-refractivity contribution in [3.8, 4) is 16.8 Å². The molecule has 2 aromatic heterocycles. The number of imidazole rings is 1. The van der Waals surface area contributed by atoms with Gasteiger partial charge in [-0.3, -0.25) is 24.6 Å². The lowest BCUT2D eigenvalue weighted by atomic mass is 10.1. The lowest BCUT2D eigenvalue weighted by molar-refractivity contribution is -0.132. The summed E-state index contributed by atoms with van der Waals surface area (Å²) in [6.07, 6.45) is 8.19. The number of H-pyrrole nitrogens is 1. The van der Waals surface area contributed by atoms with Gasteiger partial charge in [0.05, 0.1) is 24.5 Å². The summed E-state index contributed by atoms with van der Waals surface area (Å²) in [6, 6.07) is 17.2. The van der Waals surface area contributed by atoms with E-state index >= 15 is 0 Å². The molecule has 4 aromatic rings. The number of aryl methyl sites for hydroxylation is 1. The minimum atomic E-state index is -0.268. The Morgan fingerprint density at radius 2 is 2.00 bits per heavy atom. The van der Waals surface area contributed by atoms with Gasteiger partial charge in [0.1, 0.15) is 0 Å². The van der Waals surface area contributed by atoms with Gasteiger partial charge in [-0.25, -0.2) is 4.98 Å². The number of hydrogen-bond donors (Lipinski definition) is 2. The van der Waals surface area contributed by atoms with Crippen molar-refractivity contribution < 1.29 is 14.3 Å². The first-order valence-electron chi connectivity index (χ1n) is 12.4. The number of rotatable bonds is 9.